The van der Waals surface area contributed by atoms with Crippen LogP contribution in [0.4, 0.5) is 0 Å². The molecule has 1 fully saturated rings. The van der Waals surface area contributed by atoms with Gasteiger partial charge in [0.25, 0.3) is 0 Å². The predicted molar refractivity (Wildman–Crippen MR) is 68.8 cm³/mol. The van der Waals surface area contributed by atoms with E-state index in [4.69, 9.17) is 5.11 Å². The number of nitrogens with zero attached hydrogens (tertiary/aromatic N) is 2. The SMILES string of the molecule is CC1CCC(c2ncc(C(=O)O)c(C(C)C)n2)C1. The smallest absolute Gasteiger partial charge is 0.339 e. The molecule has 1 heterocycles. The van der Waals surface area contributed by atoms with Crippen LogP contribution in [0.5, 0.6) is 0 Å². The average molecular weight is 248 g/mol. The van der Waals surface area contributed by atoms with Gasteiger partial charge in [-0.3, -0.25) is 0 Å². The quantitative estimate of drug-likeness (QED) is 0.892. The highest BCUT2D eigenvalue weighted by Crippen LogP contribution is 2.36. The van der Waals surface area contributed by atoms with Crippen LogP contribution >= 0.6 is 0 Å². The Balaban J connectivity index is 2.34. The number of carboxylic acids is 1. The van der Waals surface area contributed by atoms with E-state index < -0.39 is 5.97 Å². The highest BCUT2D eigenvalue weighted by Gasteiger charge is 2.26. The maximum atomic E-state index is 11.1. The summed E-state index contributed by atoms with van der Waals surface area (Å²) in [6.07, 6.45) is 4.92. The van der Waals surface area contributed by atoms with Gasteiger partial charge in [0.1, 0.15) is 5.82 Å². The molecular formula is C14H20N2O2. The van der Waals surface area contributed by atoms with Gasteiger partial charge in [0.15, 0.2) is 0 Å². The van der Waals surface area contributed by atoms with Gasteiger partial charge in [-0.1, -0.05) is 20.8 Å². The van der Waals surface area contributed by atoms with Crippen molar-refractivity contribution in [3.8, 4) is 0 Å². The molecule has 4 heteroatoms. The van der Waals surface area contributed by atoms with Crippen molar-refractivity contribution in [3.05, 3.63) is 23.3 Å². The normalized spacial score (nSPS) is 23.6. The van der Waals surface area contributed by atoms with Crippen LogP contribution in [0.1, 0.15) is 73.7 Å². The topological polar surface area (TPSA) is 63.1 Å². The first-order chi connectivity index (χ1) is 8.49. The number of hydrogen-bond acceptors (Lipinski definition) is 3. The number of aromatic nitrogens is 2. The largest absolute Gasteiger partial charge is 0.478 e. The molecule has 0 aliphatic heterocycles. The van der Waals surface area contributed by atoms with Crippen LogP contribution in [-0.4, -0.2) is 21.0 Å². The molecule has 1 aliphatic carbocycles. The second-order valence-electron chi connectivity index (χ2n) is 5.60. The molecule has 0 saturated heterocycles. The Kier molecular flexibility index (Phi) is 3.64. The summed E-state index contributed by atoms with van der Waals surface area (Å²) >= 11 is 0. The van der Waals surface area contributed by atoms with E-state index >= 15 is 0 Å². The van der Waals surface area contributed by atoms with Crippen molar-refractivity contribution in [2.75, 3.05) is 0 Å². The summed E-state index contributed by atoms with van der Waals surface area (Å²) < 4.78 is 0. The monoisotopic (exact) mass is 248 g/mol. The van der Waals surface area contributed by atoms with Gasteiger partial charge < -0.3 is 5.11 Å². The summed E-state index contributed by atoms with van der Waals surface area (Å²) in [7, 11) is 0. The molecule has 0 spiro atoms. The molecule has 4 nitrogen and oxygen atoms in total. The van der Waals surface area contributed by atoms with Crippen molar-refractivity contribution in [2.45, 2.75) is 51.9 Å². The van der Waals surface area contributed by atoms with Gasteiger partial charge in [0.2, 0.25) is 0 Å². The minimum atomic E-state index is -0.940. The molecule has 0 aromatic carbocycles. The molecule has 2 rings (SSSR count). The summed E-state index contributed by atoms with van der Waals surface area (Å²) in [6.45, 7) is 6.18. The van der Waals surface area contributed by atoms with Crippen LogP contribution in [0.2, 0.25) is 0 Å². The molecule has 1 saturated carbocycles. The Morgan fingerprint density at radius 3 is 2.67 bits per heavy atom. The first-order valence-corrected chi connectivity index (χ1v) is 6.59. The molecule has 0 amide bonds. The van der Waals surface area contributed by atoms with Gasteiger partial charge in [-0.15, -0.1) is 0 Å². The predicted octanol–water partition coefficient (Wildman–Crippen LogP) is 3.20. The molecule has 1 aromatic rings. The van der Waals surface area contributed by atoms with Crippen molar-refractivity contribution < 1.29 is 9.90 Å². The van der Waals surface area contributed by atoms with Gasteiger partial charge in [-0.05, 0) is 31.1 Å². The van der Waals surface area contributed by atoms with Gasteiger partial charge in [-0.2, -0.15) is 0 Å². The molecule has 1 N–H and O–H groups in total. The third-order valence-corrected chi connectivity index (χ3v) is 3.67. The first kappa shape index (κ1) is 13.0. The van der Waals surface area contributed by atoms with Crippen LogP contribution in [0.3, 0.4) is 0 Å². The van der Waals surface area contributed by atoms with E-state index in [0.717, 1.165) is 24.6 Å². The van der Waals surface area contributed by atoms with Crippen LogP contribution in [-0.2, 0) is 0 Å². The van der Waals surface area contributed by atoms with Crippen molar-refractivity contribution in [3.63, 3.8) is 0 Å². The lowest BCUT2D eigenvalue weighted by Crippen LogP contribution is -2.12. The van der Waals surface area contributed by atoms with Gasteiger partial charge in [0, 0.05) is 12.1 Å². The summed E-state index contributed by atoms with van der Waals surface area (Å²) in [5.41, 5.74) is 0.895. The van der Waals surface area contributed by atoms with E-state index in [0.29, 0.717) is 11.6 Å². The Bertz CT molecular complexity index is 457. The molecule has 2 atom stereocenters. The average Bonchev–Trinajstić information content (AvgIpc) is 2.75. The molecule has 2 unspecified atom stereocenters. The summed E-state index contributed by atoms with van der Waals surface area (Å²) in [5, 5.41) is 9.13. The van der Waals surface area contributed by atoms with E-state index in [9.17, 15) is 4.79 Å². The highest BCUT2D eigenvalue weighted by atomic mass is 16.4. The molecule has 1 aliphatic rings. The fraction of sp³-hybridized carbons (Fsp3) is 0.643. The second kappa shape index (κ2) is 5.04. The van der Waals surface area contributed by atoms with Crippen LogP contribution in [0, 0.1) is 5.92 Å². The number of aromatic carboxylic acids is 1. The maximum Gasteiger partial charge on any atom is 0.339 e. The lowest BCUT2D eigenvalue weighted by Gasteiger charge is -2.13. The van der Waals surface area contributed by atoms with Crippen molar-refractivity contribution in [1.29, 1.82) is 0 Å². The summed E-state index contributed by atoms with van der Waals surface area (Å²) in [4.78, 5) is 19.9. The molecule has 0 radical (unpaired) electrons. The molecule has 18 heavy (non-hydrogen) atoms. The van der Waals surface area contributed by atoms with Crippen LogP contribution in [0.25, 0.3) is 0 Å². The molecule has 0 bridgehead atoms. The van der Waals surface area contributed by atoms with E-state index in [-0.39, 0.29) is 11.5 Å². The van der Waals surface area contributed by atoms with Crippen molar-refractivity contribution >= 4 is 5.97 Å². The van der Waals surface area contributed by atoms with Crippen LogP contribution in [0.15, 0.2) is 6.20 Å². The lowest BCUT2D eigenvalue weighted by molar-refractivity contribution is 0.0694. The summed E-state index contributed by atoms with van der Waals surface area (Å²) in [5.74, 6) is 1.12. The Morgan fingerprint density at radius 1 is 1.44 bits per heavy atom. The highest BCUT2D eigenvalue weighted by molar-refractivity contribution is 5.88. The van der Waals surface area contributed by atoms with Crippen LogP contribution < -0.4 is 0 Å². The third-order valence-electron chi connectivity index (χ3n) is 3.67. The zero-order valence-corrected chi connectivity index (χ0v) is 11.2. The number of rotatable bonds is 3. The Labute approximate surface area is 107 Å². The first-order valence-electron chi connectivity index (χ1n) is 6.59. The zero-order valence-electron chi connectivity index (χ0n) is 11.2. The lowest BCUT2D eigenvalue weighted by atomic mass is 10.0. The zero-order chi connectivity index (χ0) is 13.3. The van der Waals surface area contributed by atoms with Gasteiger partial charge >= 0.3 is 5.97 Å². The number of hydrogen-bond donors (Lipinski definition) is 1. The minimum Gasteiger partial charge on any atom is -0.478 e. The second-order valence-corrected chi connectivity index (χ2v) is 5.60. The maximum absolute atomic E-state index is 11.1. The van der Waals surface area contributed by atoms with E-state index in [2.05, 4.69) is 16.9 Å². The molecule has 1 aromatic heterocycles. The minimum absolute atomic E-state index is 0.108. The third kappa shape index (κ3) is 2.52. The van der Waals surface area contributed by atoms with E-state index in [1.165, 1.54) is 12.6 Å². The van der Waals surface area contributed by atoms with Crippen molar-refractivity contribution in [2.24, 2.45) is 5.92 Å². The number of carboxylic acid groups (broad SMARTS) is 1. The fourth-order valence-electron chi connectivity index (χ4n) is 2.65. The van der Waals surface area contributed by atoms with Gasteiger partial charge in [-0.25, -0.2) is 14.8 Å². The van der Waals surface area contributed by atoms with E-state index in [1.54, 1.807) is 0 Å². The van der Waals surface area contributed by atoms with Crippen molar-refractivity contribution in [1.82, 2.24) is 9.97 Å². The standard InChI is InChI=1S/C14H20N2O2/c1-8(2)12-11(14(17)18)7-15-13(16-12)10-5-4-9(3)6-10/h7-10H,4-6H2,1-3H3,(H,17,18). The summed E-state index contributed by atoms with van der Waals surface area (Å²) in [6, 6.07) is 0. The fourth-order valence-corrected chi connectivity index (χ4v) is 2.65. The molecule has 98 valence electrons. The number of carbonyl (C=O) groups is 1. The molecular weight excluding hydrogens is 228 g/mol. The Hall–Kier alpha value is -1.45. The van der Waals surface area contributed by atoms with Gasteiger partial charge in [0.05, 0.1) is 11.3 Å². The van der Waals surface area contributed by atoms with E-state index in [1.807, 2.05) is 13.8 Å². The Morgan fingerprint density at radius 2 is 2.17 bits per heavy atom.